The molecule has 1 aromatic rings. The third-order valence-corrected chi connectivity index (χ3v) is 4.74. The molecule has 0 atom stereocenters. The zero-order chi connectivity index (χ0) is 15.8. The molecular formula is C17H21NOS2. The van der Waals surface area contributed by atoms with Crippen molar-refractivity contribution < 1.29 is 4.79 Å². The molecule has 0 spiro atoms. The molecular weight excluding hydrogens is 298 g/mol. The average Bonchev–Trinajstić information content (AvgIpc) is 2.64. The molecule has 112 valence electrons. The Morgan fingerprint density at radius 3 is 2.19 bits per heavy atom. The summed E-state index contributed by atoms with van der Waals surface area (Å²) in [5, 5.41) is 0. The maximum atomic E-state index is 12.3. The number of carbonyl (C=O) groups excluding carboxylic acids is 1. The molecule has 0 unspecified atom stereocenters. The highest BCUT2D eigenvalue weighted by molar-refractivity contribution is 8.26. The lowest BCUT2D eigenvalue weighted by Crippen LogP contribution is -2.34. The van der Waals surface area contributed by atoms with Gasteiger partial charge in [0.15, 0.2) is 0 Å². The van der Waals surface area contributed by atoms with E-state index < -0.39 is 0 Å². The highest BCUT2D eigenvalue weighted by Gasteiger charge is 2.33. The van der Waals surface area contributed by atoms with E-state index >= 15 is 0 Å². The monoisotopic (exact) mass is 319 g/mol. The van der Waals surface area contributed by atoms with E-state index in [4.69, 9.17) is 12.2 Å². The van der Waals surface area contributed by atoms with Crippen molar-refractivity contribution in [1.82, 2.24) is 4.90 Å². The van der Waals surface area contributed by atoms with Gasteiger partial charge in [-0.05, 0) is 36.5 Å². The fourth-order valence-corrected chi connectivity index (χ4v) is 3.68. The van der Waals surface area contributed by atoms with Crippen LogP contribution < -0.4 is 0 Å². The zero-order valence-electron chi connectivity index (χ0n) is 13.1. The van der Waals surface area contributed by atoms with Gasteiger partial charge in [-0.15, -0.1) is 0 Å². The van der Waals surface area contributed by atoms with Gasteiger partial charge in [-0.25, -0.2) is 0 Å². The number of nitrogens with zero attached hydrogens (tertiary/aromatic N) is 1. The van der Waals surface area contributed by atoms with Crippen LogP contribution in [0.25, 0.3) is 6.08 Å². The highest BCUT2D eigenvalue weighted by atomic mass is 32.2. The van der Waals surface area contributed by atoms with Crippen molar-refractivity contribution in [1.29, 1.82) is 0 Å². The van der Waals surface area contributed by atoms with Crippen LogP contribution in [0, 0.1) is 0 Å². The number of hydrogen-bond donors (Lipinski definition) is 0. The third-order valence-electron chi connectivity index (χ3n) is 3.41. The second kappa shape index (κ2) is 5.93. The summed E-state index contributed by atoms with van der Waals surface area (Å²) >= 11 is 6.67. The van der Waals surface area contributed by atoms with Crippen molar-refractivity contribution in [2.75, 3.05) is 0 Å². The average molecular weight is 319 g/mol. The van der Waals surface area contributed by atoms with Crippen LogP contribution in [-0.2, 0) is 10.2 Å². The van der Waals surface area contributed by atoms with E-state index in [1.54, 1.807) is 4.90 Å². The number of hydrogen-bond acceptors (Lipinski definition) is 3. The Balaban J connectivity index is 2.25. The normalized spacial score (nSPS) is 18.2. The second-order valence-electron chi connectivity index (χ2n) is 6.52. The summed E-state index contributed by atoms with van der Waals surface area (Å²) in [5.74, 6) is 0.0138. The molecule has 4 heteroatoms. The van der Waals surface area contributed by atoms with Gasteiger partial charge in [0.2, 0.25) is 0 Å². The van der Waals surface area contributed by atoms with E-state index in [-0.39, 0.29) is 17.4 Å². The lowest BCUT2D eigenvalue weighted by Gasteiger charge is -2.19. The van der Waals surface area contributed by atoms with E-state index in [1.165, 1.54) is 17.3 Å². The van der Waals surface area contributed by atoms with Gasteiger partial charge in [-0.1, -0.05) is 69.0 Å². The van der Waals surface area contributed by atoms with Gasteiger partial charge in [0, 0.05) is 6.04 Å². The van der Waals surface area contributed by atoms with Gasteiger partial charge >= 0.3 is 0 Å². The van der Waals surface area contributed by atoms with Gasteiger partial charge in [0.05, 0.1) is 4.91 Å². The number of amides is 1. The summed E-state index contributed by atoms with van der Waals surface area (Å²) in [7, 11) is 0. The predicted octanol–water partition coefficient (Wildman–Crippen LogP) is 4.59. The second-order valence-corrected chi connectivity index (χ2v) is 8.19. The molecule has 0 saturated carbocycles. The van der Waals surface area contributed by atoms with Gasteiger partial charge in [0.1, 0.15) is 4.32 Å². The standard InChI is InChI=1S/C17H21NOS2/c1-11(2)18-15(19)14(21-16(18)20)10-12-6-8-13(9-7-12)17(3,4)5/h6-11H,1-5H3. The van der Waals surface area contributed by atoms with Gasteiger partial charge in [-0.2, -0.15) is 0 Å². The van der Waals surface area contributed by atoms with Crippen LogP contribution in [0.15, 0.2) is 29.2 Å². The number of rotatable bonds is 2. The van der Waals surface area contributed by atoms with Crippen LogP contribution >= 0.6 is 24.0 Å². The largest absolute Gasteiger partial charge is 0.290 e. The van der Waals surface area contributed by atoms with Crippen LogP contribution in [0.3, 0.4) is 0 Å². The lowest BCUT2D eigenvalue weighted by molar-refractivity contribution is -0.123. The molecule has 1 heterocycles. The molecule has 0 bridgehead atoms. The van der Waals surface area contributed by atoms with Crippen LogP contribution in [0.1, 0.15) is 45.7 Å². The molecule has 1 fully saturated rings. The van der Waals surface area contributed by atoms with Crippen LogP contribution in [0.4, 0.5) is 0 Å². The number of benzene rings is 1. The third kappa shape index (κ3) is 3.55. The fraction of sp³-hybridized carbons (Fsp3) is 0.412. The minimum Gasteiger partial charge on any atom is -0.290 e. The summed E-state index contributed by atoms with van der Waals surface area (Å²) in [6.07, 6.45) is 1.92. The SMILES string of the molecule is CC(C)N1C(=O)C(=Cc2ccc(C(C)(C)C)cc2)SC1=S. The molecule has 0 aliphatic carbocycles. The molecule has 1 amide bonds. The molecule has 0 N–H and O–H groups in total. The Kier molecular flexibility index (Phi) is 4.59. The smallest absolute Gasteiger partial charge is 0.266 e. The minimum absolute atomic E-state index is 0.0138. The van der Waals surface area contributed by atoms with Gasteiger partial charge in [-0.3, -0.25) is 9.69 Å². The molecule has 0 aromatic heterocycles. The summed E-state index contributed by atoms with van der Waals surface area (Å²) in [5.41, 5.74) is 2.46. The van der Waals surface area contributed by atoms with Crippen molar-refractivity contribution in [2.24, 2.45) is 0 Å². The Labute approximate surface area is 136 Å². The Morgan fingerprint density at radius 1 is 1.19 bits per heavy atom. The van der Waals surface area contributed by atoms with Crippen LogP contribution in [0.2, 0.25) is 0 Å². The summed E-state index contributed by atoms with van der Waals surface area (Å²) in [4.78, 5) is 14.7. The van der Waals surface area contributed by atoms with E-state index in [0.717, 1.165) is 5.56 Å². The van der Waals surface area contributed by atoms with E-state index in [2.05, 4.69) is 45.0 Å². The van der Waals surface area contributed by atoms with Crippen molar-refractivity contribution in [3.63, 3.8) is 0 Å². The topological polar surface area (TPSA) is 20.3 Å². The molecule has 1 aliphatic rings. The van der Waals surface area contributed by atoms with Crippen molar-refractivity contribution >= 4 is 40.3 Å². The first-order valence-electron chi connectivity index (χ1n) is 7.08. The van der Waals surface area contributed by atoms with Crippen molar-refractivity contribution in [3.8, 4) is 0 Å². The molecule has 21 heavy (non-hydrogen) atoms. The number of carbonyl (C=O) groups is 1. The Bertz CT molecular complexity index is 594. The first-order chi connectivity index (χ1) is 9.70. The maximum absolute atomic E-state index is 12.3. The van der Waals surface area contributed by atoms with Crippen LogP contribution in [-0.4, -0.2) is 21.2 Å². The molecule has 2 nitrogen and oxygen atoms in total. The van der Waals surface area contributed by atoms with Gasteiger partial charge in [0.25, 0.3) is 5.91 Å². The maximum Gasteiger partial charge on any atom is 0.266 e. The summed E-state index contributed by atoms with van der Waals surface area (Å²) in [6.45, 7) is 10.5. The molecule has 1 saturated heterocycles. The van der Waals surface area contributed by atoms with Gasteiger partial charge < -0.3 is 0 Å². The lowest BCUT2D eigenvalue weighted by atomic mass is 9.87. The first-order valence-corrected chi connectivity index (χ1v) is 8.30. The Morgan fingerprint density at radius 2 is 1.76 bits per heavy atom. The molecule has 1 aliphatic heterocycles. The van der Waals surface area contributed by atoms with E-state index in [0.29, 0.717) is 9.23 Å². The van der Waals surface area contributed by atoms with Crippen molar-refractivity contribution in [2.45, 2.75) is 46.1 Å². The Hall–Kier alpha value is -1.13. The molecule has 1 aromatic carbocycles. The quantitative estimate of drug-likeness (QED) is 0.587. The van der Waals surface area contributed by atoms with Crippen molar-refractivity contribution in [3.05, 3.63) is 40.3 Å². The molecule has 2 rings (SSSR count). The van der Waals surface area contributed by atoms with E-state index in [1.807, 2.05) is 19.9 Å². The number of thiocarbonyl (C=S) groups is 1. The molecule has 0 radical (unpaired) electrons. The highest BCUT2D eigenvalue weighted by Crippen LogP contribution is 2.34. The summed E-state index contributed by atoms with van der Waals surface area (Å²) in [6, 6.07) is 8.46. The predicted molar refractivity (Wildman–Crippen MR) is 95.3 cm³/mol. The minimum atomic E-state index is 0.0138. The number of thioether (sulfide) groups is 1. The first kappa shape index (κ1) is 16.2. The zero-order valence-corrected chi connectivity index (χ0v) is 14.8. The van der Waals surface area contributed by atoms with E-state index in [9.17, 15) is 4.79 Å². The summed E-state index contributed by atoms with van der Waals surface area (Å²) < 4.78 is 0.646. The van der Waals surface area contributed by atoms with Crippen LogP contribution in [0.5, 0.6) is 0 Å². The fourth-order valence-electron chi connectivity index (χ4n) is 2.16.